The Hall–Kier alpha value is -2.41. The summed E-state index contributed by atoms with van der Waals surface area (Å²) in [5.41, 5.74) is 1.68. The lowest BCUT2D eigenvalue weighted by atomic mass is 9.41. The summed E-state index contributed by atoms with van der Waals surface area (Å²) in [7, 11) is 1.73. The van der Waals surface area contributed by atoms with Crippen LogP contribution >= 0.6 is 0 Å². The largest absolute Gasteiger partial charge is 0.601 e. The Balaban J connectivity index is 2.27. The minimum Gasteiger partial charge on any atom is -0.599 e. The van der Waals surface area contributed by atoms with E-state index in [1.54, 1.807) is 13.1 Å². The van der Waals surface area contributed by atoms with Gasteiger partial charge in [-0.1, -0.05) is 41.5 Å². The van der Waals surface area contributed by atoms with Gasteiger partial charge in [0, 0.05) is 7.05 Å². The third kappa shape index (κ3) is 1.97. The van der Waals surface area contributed by atoms with Gasteiger partial charge in [-0.25, -0.2) is 0 Å². The minimum absolute atomic E-state index is 0.00430. The summed E-state index contributed by atoms with van der Waals surface area (Å²) < 4.78 is 11.2. The van der Waals surface area contributed by atoms with Gasteiger partial charge < -0.3 is 18.5 Å². The molecule has 6 nitrogen and oxygen atoms in total. The predicted octanol–water partition coefficient (Wildman–Crippen LogP) is 1.05. The lowest BCUT2D eigenvalue weighted by Crippen LogP contribution is -2.72. The highest BCUT2D eigenvalue weighted by Crippen LogP contribution is 2.48. The molecular weight excluding hydrogens is 309 g/mol. The normalized spacial score (nSPS) is 30.9. The van der Waals surface area contributed by atoms with E-state index in [4.69, 9.17) is 9.31 Å². The molecule has 2 fully saturated rings. The van der Waals surface area contributed by atoms with Crippen LogP contribution in [0.1, 0.15) is 17.5 Å². The maximum atomic E-state index is 12.4. The number of fused-ring (bicyclic) bond motifs is 1. The lowest BCUT2D eigenvalue weighted by molar-refractivity contribution is -0.795. The van der Waals surface area contributed by atoms with Crippen LogP contribution in [-0.4, -0.2) is 49.4 Å². The molecule has 3 rings (SSSR count). The van der Waals surface area contributed by atoms with E-state index in [2.05, 4.69) is 6.58 Å². The van der Waals surface area contributed by atoms with E-state index in [9.17, 15) is 14.4 Å². The summed E-state index contributed by atoms with van der Waals surface area (Å²) >= 11 is 0. The fourth-order valence-corrected chi connectivity index (χ4v) is 4.14. The Morgan fingerprint density at radius 1 is 1.21 bits per heavy atom. The summed E-state index contributed by atoms with van der Waals surface area (Å²) in [6.45, 7) is 3.13. The van der Waals surface area contributed by atoms with E-state index in [1.165, 1.54) is 0 Å². The summed E-state index contributed by atoms with van der Waals surface area (Å²) in [5.74, 6) is -0.931. The Morgan fingerprint density at radius 3 is 2.21 bits per heavy atom. The number of hydrogen-bond donors (Lipinski definition) is 0. The van der Waals surface area contributed by atoms with Gasteiger partial charge in [-0.3, -0.25) is 9.59 Å². The molecule has 1 unspecified atom stereocenters. The molecule has 1 atom stereocenters. The van der Waals surface area contributed by atoms with Crippen molar-refractivity contribution < 1.29 is 28.1 Å². The number of hydrogen-bond acceptors (Lipinski definition) is 5. The molecule has 0 aromatic heterocycles. The summed E-state index contributed by atoms with van der Waals surface area (Å²) in [6.07, 6.45) is 2.54. The van der Waals surface area contributed by atoms with Gasteiger partial charge in [-0.15, -0.1) is 6.58 Å². The van der Waals surface area contributed by atoms with Crippen LogP contribution in [0, 0.1) is 6.92 Å². The van der Waals surface area contributed by atoms with Crippen LogP contribution in [0.5, 0.6) is 0 Å². The third-order valence-corrected chi connectivity index (χ3v) is 5.32. The molecule has 1 aromatic carbocycles. The van der Waals surface area contributed by atoms with Crippen LogP contribution in [0.2, 0.25) is 0 Å². The predicted molar refractivity (Wildman–Crippen MR) is 87.6 cm³/mol. The Bertz CT molecular complexity index is 709. The topological polar surface area (TPSA) is 69.7 Å². The molecule has 2 saturated heterocycles. The summed E-state index contributed by atoms with van der Waals surface area (Å²) in [4.78, 5) is 36.5. The van der Waals surface area contributed by atoms with Crippen LogP contribution in [0.3, 0.4) is 0 Å². The van der Waals surface area contributed by atoms with Gasteiger partial charge in [0.15, 0.2) is 0 Å². The number of aryl methyl sites for hydroxylation is 1. The van der Waals surface area contributed by atoms with Gasteiger partial charge in [-0.05, 0) is 13.3 Å². The Kier molecular flexibility index (Phi) is 3.64. The first-order valence-electron chi connectivity index (χ1n) is 7.89. The first-order chi connectivity index (χ1) is 11.3. The van der Waals surface area contributed by atoms with Crippen molar-refractivity contribution in [3.05, 3.63) is 48.0 Å². The monoisotopic (exact) mass is 329 g/mol. The molecule has 0 spiro atoms. The molecule has 0 saturated carbocycles. The molecule has 2 heterocycles. The van der Waals surface area contributed by atoms with E-state index in [0.717, 1.165) is 11.8 Å². The average Bonchev–Trinajstić information content (AvgIpc) is 2.90. The van der Waals surface area contributed by atoms with E-state index >= 15 is 0 Å². The zero-order valence-electron chi connectivity index (χ0n) is 13.9. The number of carbonyl (C=O) groups excluding carboxylic acids is 3. The van der Waals surface area contributed by atoms with Crippen molar-refractivity contribution in [3.63, 3.8) is 0 Å². The quantitative estimate of drug-likeness (QED) is 0.459. The molecule has 0 radical (unpaired) electrons. The molecule has 0 N–H and O–H groups in total. The van der Waals surface area contributed by atoms with Gasteiger partial charge in [0.2, 0.25) is 0 Å². The van der Waals surface area contributed by atoms with Crippen molar-refractivity contribution in [3.8, 4) is 0 Å². The first-order valence-corrected chi connectivity index (χ1v) is 7.89. The van der Waals surface area contributed by atoms with Gasteiger partial charge in [0.05, 0.1) is 5.31 Å². The van der Waals surface area contributed by atoms with Crippen LogP contribution in [0.15, 0.2) is 36.9 Å². The average molecular weight is 329 g/mol. The van der Waals surface area contributed by atoms with Crippen LogP contribution in [-0.2, 0) is 29.0 Å². The first kappa shape index (κ1) is 16.5. The molecular formula is C17H20BNO5. The second-order valence-corrected chi connectivity index (χ2v) is 6.96. The van der Waals surface area contributed by atoms with Crippen molar-refractivity contribution in [2.75, 3.05) is 20.1 Å². The van der Waals surface area contributed by atoms with E-state index in [0.29, 0.717) is 5.56 Å². The van der Waals surface area contributed by atoms with E-state index < -0.39 is 23.9 Å². The van der Waals surface area contributed by atoms with Crippen molar-refractivity contribution in [1.82, 2.24) is 0 Å². The second kappa shape index (κ2) is 5.31. The van der Waals surface area contributed by atoms with Crippen LogP contribution in [0.4, 0.5) is 0 Å². The molecule has 7 heteroatoms. The number of allylic oxidation sites excluding steroid dienone is 1. The minimum atomic E-state index is -2.56. The molecule has 1 aromatic rings. The Labute approximate surface area is 140 Å². The van der Waals surface area contributed by atoms with Gasteiger partial charge in [0.25, 0.3) is 0 Å². The Morgan fingerprint density at radius 2 is 1.75 bits per heavy atom. The van der Waals surface area contributed by atoms with Crippen LogP contribution < -0.4 is 0 Å². The smallest absolute Gasteiger partial charge is 0.599 e. The van der Waals surface area contributed by atoms with Gasteiger partial charge in [-0.2, -0.15) is 0 Å². The van der Waals surface area contributed by atoms with Gasteiger partial charge >= 0.3 is 18.6 Å². The second-order valence-electron chi connectivity index (χ2n) is 6.96. The molecule has 2 aliphatic rings. The molecule has 2 aliphatic heterocycles. The maximum absolute atomic E-state index is 12.4. The van der Waals surface area contributed by atoms with E-state index in [-0.39, 0.29) is 23.9 Å². The molecule has 0 bridgehead atoms. The fraction of sp³-hybridized carbons (Fsp3) is 0.353. The highest BCUT2D eigenvalue weighted by Gasteiger charge is 2.75. The summed E-state index contributed by atoms with van der Waals surface area (Å²) in [6, 6.07) is 7.38. The number of rotatable bonds is 5. The maximum Gasteiger partial charge on any atom is 0.601 e. The number of carbonyl (C=O) groups is 3. The van der Waals surface area contributed by atoms with Crippen molar-refractivity contribution in [1.29, 1.82) is 0 Å². The molecule has 126 valence electrons. The lowest BCUT2D eigenvalue weighted by Gasteiger charge is -2.49. The zero-order chi connectivity index (χ0) is 17.6. The molecule has 0 amide bonds. The number of aldehydes is 1. The SMILES string of the molecule is C=CCC(C=O)(c1ccc(C)cc1)[B-]12OC(=O)C[N+]1(C)CC(=O)O2. The van der Waals surface area contributed by atoms with Crippen molar-refractivity contribution >= 4 is 24.9 Å². The van der Waals surface area contributed by atoms with E-state index in [1.807, 2.05) is 31.2 Å². The molecule has 0 aliphatic carbocycles. The fourth-order valence-electron chi connectivity index (χ4n) is 4.14. The van der Waals surface area contributed by atoms with Crippen LogP contribution in [0.25, 0.3) is 0 Å². The highest BCUT2D eigenvalue weighted by atomic mass is 16.7. The number of quaternary nitrogens is 1. The number of nitrogens with zero attached hydrogens (tertiary/aromatic N) is 1. The van der Waals surface area contributed by atoms with Crippen molar-refractivity contribution in [2.24, 2.45) is 0 Å². The number of likely N-dealkylation sites (N-methyl/N-ethyl adjacent to an activating group) is 1. The zero-order valence-corrected chi connectivity index (χ0v) is 13.9. The summed E-state index contributed by atoms with van der Waals surface area (Å²) in [5, 5.41) is -1.29. The number of benzene rings is 1. The van der Waals surface area contributed by atoms with Gasteiger partial charge in [0.1, 0.15) is 19.4 Å². The van der Waals surface area contributed by atoms with Crippen molar-refractivity contribution in [2.45, 2.75) is 18.7 Å². The molecule has 24 heavy (non-hydrogen) atoms. The third-order valence-electron chi connectivity index (χ3n) is 5.32. The standard InChI is InChI=1S/C17H20BNO5/c1-4-9-17(12-20,14-7-5-13(2)6-8-14)18-19(3,10-15(21)23-18)11-16(22)24-18/h4-8,12H,1,9-11H2,2-3H3. The highest BCUT2D eigenvalue weighted by molar-refractivity contribution is 6.72.